The fourth-order valence-electron chi connectivity index (χ4n) is 1.45. The minimum atomic E-state index is -0.867. The zero-order valence-electron chi connectivity index (χ0n) is 11.2. The molecule has 100 valence electrons. The van der Waals surface area contributed by atoms with Crippen molar-refractivity contribution in [1.82, 2.24) is 5.32 Å². The summed E-state index contributed by atoms with van der Waals surface area (Å²) in [5, 5.41) is 13.2. The van der Waals surface area contributed by atoms with Crippen LogP contribution in [0.3, 0.4) is 0 Å². The molecule has 0 aromatic heterocycles. The highest BCUT2D eigenvalue weighted by atomic mass is 35.5. The van der Waals surface area contributed by atoms with Crippen LogP contribution in [0.2, 0.25) is 5.02 Å². The fraction of sp³-hybridized carbons (Fsp3) is 0.500. The summed E-state index contributed by atoms with van der Waals surface area (Å²) in [6.45, 7) is 7.75. The minimum absolute atomic E-state index is 0.544. The van der Waals surface area contributed by atoms with Gasteiger partial charge < -0.3 is 10.4 Å². The first-order valence-corrected chi connectivity index (χ1v) is 6.28. The molecule has 0 aliphatic carbocycles. The zero-order valence-corrected chi connectivity index (χ0v) is 12.0. The summed E-state index contributed by atoms with van der Waals surface area (Å²) in [6, 6.07) is 7.55. The van der Waals surface area contributed by atoms with Crippen molar-refractivity contribution < 1.29 is 9.90 Å². The summed E-state index contributed by atoms with van der Waals surface area (Å²) >= 11 is 6.07. The summed E-state index contributed by atoms with van der Waals surface area (Å²) in [7, 11) is 0. The highest BCUT2D eigenvalue weighted by molar-refractivity contribution is 6.31. The summed E-state index contributed by atoms with van der Waals surface area (Å²) < 4.78 is 0. The second kappa shape index (κ2) is 5.29. The molecular formula is C14H20ClNO2. The number of halogens is 1. The first kappa shape index (κ1) is 15.0. The van der Waals surface area contributed by atoms with E-state index in [1.165, 1.54) is 0 Å². The molecule has 3 nitrogen and oxygen atoms in total. The number of aliphatic carboxylic acids is 1. The molecule has 2 N–H and O–H groups in total. The van der Waals surface area contributed by atoms with Gasteiger partial charge in [-0.3, -0.25) is 4.79 Å². The highest BCUT2D eigenvalue weighted by Crippen LogP contribution is 2.31. The number of nitrogens with one attached hydrogen (secondary N) is 1. The molecule has 0 radical (unpaired) electrons. The van der Waals surface area contributed by atoms with E-state index >= 15 is 0 Å². The Morgan fingerprint density at radius 2 is 1.83 bits per heavy atom. The predicted octanol–water partition coefficient (Wildman–Crippen LogP) is 3.32. The van der Waals surface area contributed by atoms with E-state index < -0.39 is 16.9 Å². The Balaban J connectivity index is 2.80. The Morgan fingerprint density at radius 3 is 2.33 bits per heavy atom. The lowest BCUT2D eigenvalue weighted by atomic mass is 9.74. The maximum Gasteiger partial charge on any atom is 0.310 e. The molecule has 1 aromatic rings. The Hall–Kier alpha value is -1.06. The summed E-state index contributed by atoms with van der Waals surface area (Å²) in [5.74, 6) is -0.820. The number of carboxylic acid groups (broad SMARTS) is 1. The quantitative estimate of drug-likeness (QED) is 0.862. The lowest BCUT2D eigenvalue weighted by Gasteiger charge is -2.39. The smallest absolute Gasteiger partial charge is 0.310 e. The third kappa shape index (κ3) is 3.03. The van der Waals surface area contributed by atoms with Gasteiger partial charge in [-0.25, -0.2) is 0 Å². The lowest BCUT2D eigenvalue weighted by Crippen LogP contribution is -2.54. The van der Waals surface area contributed by atoms with Gasteiger partial charge in [0, 0.05) is 17.1 Å². The van der Waals surface area contributed by atoms with E-state index in [1.54, 1.807) is 13.8 Å². The van der Waals surface area contributed by atoms with Crippen LogP contribution in [0.15, 0.2) is 24.3 Å². The summed E-state index contributed by atoms with van der Waals surface area (Å²) in [4.78, 5) is 11.3. The average molecular weight is 270 g/mol. The van der Waals surface area contributed by atoms with Gasteiger partial charge in [-0.1, -0.05) is 29.8 Å². The van der Waals surface area contributed by atoms with Crippen molar-refractivity contribution in [3.8, 4) is 0 Å². The van der Waals surface area contributed by atoms with Gasteiger partial charge >= 0.3 is 5.97 Å². The van der Waals surface area contributed by atoms with Gasteiger partial charge in [0.15, 0.2) is 0 Å². The normalized spacial score (nSPS) is 12.5. The first-order valence-electron chi connectivity index (χ1n) is 5.90. The molecule has 0 atom stereocenters. The maximum absolute atomic E-state index is 11.3. The van der Waals surface area contributed by atoms with Crippen molar-refractivity contribution in [2.45, 2.75) is 39.8 Å². The van der Waals surface area contributed by atoms with Crippen LogP contribution in [-0.2, 0) is 11.3 Å². The molecular weight excluding hydrogens is 250 g/mol. The number of hydrogen-bond acceptors (Lipinski definition) is 2. The van der Waals surface area contributed by atoms with Gasteiger partial charge in [0.05, 0.1) is 5.41 Å². The number of carbonyl (C=O) groups is 1. The van der Waals surface area contributed by atoms with Crippen LogP contribution < -0.4 is 5.32 Å². The van der Waals surface area contributed by atoms with Gasteiger partial charge in [-0.15, -0.1) is 0 Å². The molecule has 0 aliphatic rings. The third-order valence-corrected chi connectivity index (χ3v) is 4.14. The molecule has 4 heteroatoms. The standard InChI is InChI=1S/C14H20ClNO2/c1-13(2,12(17)18)14(3,4)16-9-10-7-5-6-8-11(10)15/h5-8,16H,9H2,1-4H3,(H,17,18). The van der Waals surface area contributed by atoms with E-state index in [2.05, 4.69) is 5.32 Å². The lowest BCUT2D eigenvalue weighted by molar-refractivity contribution is -0.151. The van der Waals surface area contributed by atoms with Crippen LogP contribution in [0.5, 0.6) is 0 Å². The molecule has 0 saturated carbocycles. The molecule has 1 aromatic carbocycles. The zero-order chi connectivity index (χ0) is 14.0. The van der Waals surface area contributed by atoms with Crippen LogP contribution >= 0.6 is 11.6 Å². The summed E-state index contributed by atoms with van der Waals surface area (Å²) in [5.41, 5.74) is -0.444. The first-order chi connectivity index (χ1) is 8.18. The SMILES string of the molecule is CC(C)(NCc1ccccc1Cl)C(C)(C)C(=O)O. The van der Waals surface area contributed by atoms with E-state index in [4.69, 9.17) is 11.6 Å². The van der Waals surface area contributed by atoms with Crippen LogP contribution in [-0.4, -0.2) is 16.6 Å². The van der Waals surface area contributed by atoms with E-state index in [9.17, 15) is 9.90 Å². The highest BCUT2D eigenvalue weighted by Gasteiger charge is 2.42. The van der Waals surface area contributed by atoms with Crippen LogP contribution in [0.4, 0.5) is 0 Å². The molecule has 0 bridgehead atoms. The number of hydrogen-bond donors (Lipinski definition) is 2. The second-order valence-electron chi connectivity index (χ2n) is 5.50. The van der Waals surface area contributed by atoms with Crippen LogP contribution in [0.25, 0.3) is 0 Å². The Kier molecular flexibility index (Phi) is 4.41. The second-order valence-corrected chi connectivity index (χ2v) is 5.91. The van der Waals surface area contributed by atoms with Crippen LogP contribution in [0.1, 0.15) is 33.3 Å². The molecule has 0 unspecified atom stereocenters. The fourth-order valence-corrected chi connectivity index (χ4v) is 1.65. The molecule has 0 heterocycles. The Bertz CT molecular complexity index is 441. The van der Waals surface area contributed by atoms with Gasteiger partial charge in [-0.05, 0) is 39.3 Å². The van der Waals surface area contributed by atoms with Gasteiger partial charge in [-0.2, -0.15) is 0 Å². The molecule has 0 aliphatic heterocycles. The molecule has 0 fully saturated rings. The molecule has 1 rings (SSSR count). The van der Waals surface area contributed by atoms with Crippen molar-refractivity contribution in [3.05, 3.63) is 34.9 Å². The Morgan fingerprint density at radius 1 is 1.28 bits per heavy atom. The minimum Gasteiger partial charge on any atom is -0.481 e. The third-order valence-electron chi connectivity index (χ3n) is 3.78. The van der Waals surface area contributed by atoms with Crippen LogP contribution in [0, 0.1) is 5.41 Å². The van der Waals surface area contributed by atoms with Crippen molar-refractivity contribution in [3.63, 3.8) is 0 Å². The van der Waals surface area contributed by atoms with Crippen molar-refractivity contribution in [1.29, 1.82) is 0 Å². The van der Waals surface area contributed by atoms with Gasteiger partial charge in [0.25, 0.3) is 0 Å². The van der Waals surface area contributed by atoms with Crippen molar-refractivity contribution in [2.24, 2.45) is 5.41 Å². The Labute approximate surface area is 113 Å². The van der Waals surface area contributed by atoms with E-state index in [0.717, 1.165) is 5.56 Å². The van der Waals surface area contributed by atoms with Crippen molar-refractivity contribution >= 4 is 17.6 Å². The molecule has 18 heavy (non-hydrogen) atoms. The number of benzene rings is 1. The topological polar surface area (TPSA) is 49.3 Å². The number of rotatable bonds is 5. The maximum atomic E-state index is 11.3. The largest absolute Gasteiger partial charge is 0.481 e. The van der Waals surface area contributed by atoms with E-state index in [0.29, 0.717) is 11.6 Å². The predicted molar refractivity (Wildman–Crippen MR) is 73.8 cm³/mol. The molecule has 0 spiro atoms. The molecule has 0 amide bonds. The van der Waals surface area contributed by atoms with E-state index in [-0.39, 0.29) is 0 Å². The van der Waals surface area contributed by atoms with Gasteiger partial charge in [0.1, 0.15) is 0 Å². The monoisotopic (exact) mass is 269 g/mol. The number of carboxylic acids is 1. The molecule has 0 saturated heterocycles. The average Bonchev–Trinajstić information content (AvgIpc) is 2.27. The van der Waals surface area contributed by atoms with Crippen molar-refractivity contribution in [2.75, 3.05) is 0 Å². The van der Waals surface area contributed by atoms with Gasteiger partial charge in [0.2, 0.25) is 0 Å². The van der Waals surface area contributed by atoms with E-state index in [1.807, 2.05) is 38.1 Å². The summed E-state index contributed by atoms with van der Waals surface area (Å²) in [6.07, 6.45) is 0.